The van der Waals surface area contributed by atoms with E-state index in [0.29, 0.717) is 5.56 Å². The van der Waals surface area contributed by atoms with E-state index < -0.39 is 10.9 Å². The van der Waals surface area contributed by atoms with Crippen LogP contribution in [0, 0.1) is 10.1 Å². The predicted octanol–water partition coefficient (Wildman–Crippen LogP) is 1.67. The molecule has 0 amide bonds. The number of carbonyl (C=O) groups is 1. The van der Waals surface area contributed by atoms with Gasteiger partial charge in [-0.3, -0.25) is 10.1 Å². The van der Waals surface area contributed by atoms with Crippen LogP contribution in [0.4, 0.5) is 5.69 Å². The third-order valence-corrected chi connectivity index (χ3v) is 1.83. The van der Waals surface area contributed by atoms with E-state index in [1.807, 2.05) is 0 Å². The SMILES string of the molecule is CO/C(=C/c1ccc([N+](=O)[O-])cc1)C(=O)O. The molecule has 6 nitrogen and oxygen atoms in total. The van der Waals surface area contributed by atoms with Crippen LogP contribution in [0.1, 0.15) is 5.56 Å². The highest BCUT2D eigenvalue weighted by Gasteiger charge is 2.08. The Kier molecular flexibility index (Phi) is 3.60. The van der Waals surface area contributed by atoms with Crippen LogP contribution in [0.2, 0.25) is 0 Å². The molecule has 0 radical (unpaired) electrons. The summed E-state index contributed by atoms with van der Waals surface area (Å²) in [5, 5.41) is 19.0. The first-order valence-corrected chi connectivity index (χ1v) is 4.28. The fraction of sp³-hybridized carbons (Fsp3) is 0.100. The first kappa shape index (κ1) is 11.7. The molecular weight excluding hydrogens is 214 g/mol. The Hall–Kier alpha value is -2.37. The van der Waals surface area contributed by atoms with E-state index in [1.54, 1.807) is 0 Å². The van der Waals surface area contributed by atoms with Crippen LogP contribution in [0.15, 0.2) is 30.0 Å². The Bertz CT molecular complexity index is 435. The average molecular weight is 223 g/mol. The fourth-order valence-electron chi connectivity index (χ4n) is 1.05. The van der Waals surface area contributed by atoms with Crippen molar-refractivity contribution >= 4 is 17.7 Å². The second kappa shape index (κ2) is 4.92. The summed E-state index contributed by atoms with van der Waals surface area (Å²) in [6, 6.07) is 5.47. The predicted molar refractivity (Wildman–Crippen MR) is 55.7 cm³/mol. The lowest BCUT2D eigenvalue weighted by Crippen LogP contribution is -2.01. The Morgan fingerprint density at radius 2 is 2.00 bits per heavy atom. The number of carboxylic acids is 1. The fourth-order valence-corrected chi connectivity index (χ4v) is 1.05. The highest BCUT2D eigenvalue weighted by Crippen LogP contribution is 2.14. The van der Waals surface area contributed by atoms with E-state index in [1.165, 1.54) is 37.5 Å². The van der Waals surface area contributed by atoms with Crippen molar-refractivity contribution in [3.8, 4) is 0 Å². The van der Waals surface area contributed by atoms with Crippen molar-refractivity contribution in [3.05, 3.63) is 45.7 Å². The summed E-state index contributed by atoms with van der Waals surface area (Å²) in [6.45, 7) is 0. The number of rotatable bonds is 4. The lowest BCUT2D eigenvalue weighted by atomic mass is 10.2. The molecule has 0 saturated heterocycles. The van der Waals surface area contributed by atoms with Crippen LogP contribution >= 0.6 is 0 Å². The molecule has 0 aliphatic rings. The number of non-ortho nitro benzene ring substituents is 1. The molecule has 0 aliphatic carbocycles. The molecule has 0 fully saturated rings. The van der Waals surface area contributed by atoms with E-state index in [4.69, 9.17) is 5.11 Å². The van der Waals surface area contributed by atoms with Gasteiger partial charge in [-0.1, -0.05) is 0 Å². The average Bonchev–Trinajstić information content (AvgIpc) is 2.26. The van der Waals surface area contributed by atoms with Crippen LogP contribution in [-0.4, -0.2) is 23.1 Å². The number of methoxy groups -OCH3 is 1. The second-order valence-corrected chi connectivity index (χ2v) is 2.87. The van der Waals surface area contributed by atoms with Gasteiger partial charge in [-0.25, -0.2) is 4.79 Å². The molecular formula is C10H9NO5. The van der Waals surface area contributed by atoms with Gasteiger partial charge in [0.2, 0.25) is 5.76 Å². The normalized spacial score (nSPS) is 10.9. The van der Waals surface area contributed by atoms with Gasteiger partial charge in [0.1, 0.15) is 0 Å². The number of benzene rings is 1. The van der Waals surface area contributed by atoms with Crippen LogP contribution < -0.4 is 0 Å². The lowest BCUT2D eigenvalue weighted by molar-refractivity contribution is -0.384. The summed E-state index contributed by atoms with van der Waals surface area (Å²) in [5.74, 6) is -1.42. The van der Waals surface area contributed by atoms with Gasteiger partial charge in [0.15, 0.2) is 0 Å². The van der Waals surface area contributed by atoms with Crippen molar-refractivity contribution in [1.82, 2.24) is 0 Å². The Balaban J connectivity index is 2.98. The highest BCUT2D eigenvalue weighted by atomic mass is 16.6. The monoisotopic (exact) mass is 223 g/mol. The summed E-state index contributed by atoms with van der Waals surface area (Å²) in [6.07, 6.45) is 1.28. The smallest absolute Gasteiger partial charge is 0.371 e. The maximum absolute atomic E-state index is 10.6. The number of nitro benzene ring substituents is 1. The largest absolute Gasteiger partial charge is 0.490 e. The lowest BCUT2D eigenvalue weighted by Gasteiger charge is -1.99. The topological polar surface area (TPSA) is 89.7 Å². The van der Waals surface area contributed by atoms with Crippen molar-refractivity contribution in [1.29, 1.82) is 0 Å². The van der Waals surface area contributed by atoms with Crippen LogP contribution in [0.25, 0.3) is 6.08 Å². The maximum atomic E-state index is 10.6. The number of nitro groups is 1. The van der Waals surface area contributed by atoms with E-state index in [-0.39, 0.29) is 11.4 Å². The Labute approximate surface area is 90.9 Å². The third kappa shape index (κ3) is 2.81. The van der Waals surface area contributed by atoms with Gasteiger partial charge in [-0.15, -0.1) is 0 Å². The van der Waals surface area contributed by atoms with Crippen LogP contribution in [0.3, 0.4) is 0 Å². The molecule has 0 bridgehead atoms. The molecule has 1 aromatic carbocycles. The van der Waals surface area contributed by atoms with Gasteiger partial charge in [0.25, 0.3) is 5.69 Å². The van der Waals surface area contributed by atoms with Crippen molar-refractivity contribution in [2.75, 3.05) is 7.11 Å². The van der Waals surface area contributed by atoms with Crippen molar-refractivity contribution in [2.45, 2.75) is 0 Å². The number of aliphatic carboxylic acids is 1. The highest BCUT2D eigenvalue weighted by molar-refractivity contribution is 5.89. The molecule has 0 aliphatic heterocycles. The van der Waals surface area contributed by atoms with Crippen molar-refractivity contribution < 1.29 is 19.6 Å². The molecule has 16 heavy (non-hydrogen) atoms. The quantitative estimate of drug-likeness (QED) is 0.363. The zero-order valence-electron chi connectivity index (χ0n) is 8.41. The van der Waals surface area contributed by atoms with Crippen molar-refractivity contribution in [2.24, 2.45) is 0 Å². The number of ether oxygens (including phenoxy) is 1. The van der Waals surface area contributed by atoms with Gasteiger partial charge in [-0.2, -0.15) is 0 Å². The Morgan fingerprint density at radius 1 is 1.44 bits per heavy atom. The van der Waals surface area contributed by atoms with Crippen LogP contribution in [-0.2, 0) is 9.53 Å². The number of carboxylic acid groups (broad SMARTS) is 1. The van der Waals surface area contributed by atoms with Gasteiger partial charge in [-0.05, 0) is 23.8 Å². The van der Waals surface area contributed by atoms with E-state index in [9.17, 15) is 14.9 Å². The second-order valence-electron chi connectivity index (χ2n) is 2.87. The first-order valence-electron chi connectivity index (χ1n) is 4.28. The molecule has 0 spiro atoms. The van der Waals surface area contributed by atoms with Crippen molar-refractivity contribution in [3.63, 3.8) is 0 Å². The molecule has 1 rings (SSSR count). The summed E-state index contributed by atoms with van der Waals surface area (Å²) in [7, 11) is 1.24. The van der Waals surface area contributed by atoms with Crippen LogP contribution in [0.5, 0.6) is 0 Å². The summed E-state index contributed by atoms with van der Waals surface area (Å²) in [4.78, 5) is 20.5. The minimum Gasteiger partial charge on any atom is -0.490 e. The van der Waals surface area contributed by atoms with E-state index >= 15 is 0 Å². The van der Waals surface area contributed by atoms with Gasteiger partial charge in [0, 0.05) is 12.1 Å². The summed E-state index contributed by atoms with van der Waals surface area (Å²) in [5.41, 5.74) is 0.469. The molecule has 0 heterocycles. The summed E-state index contributed by atoms with van der Waals surface area (Å²) < 4.78 is 4.62. The molecule has 84 valence electrons. The third-order valence-electron chi connectivity index (χ3n) is 1.83. The number of nitrogens with zero attached hydrogens (tertiary/aromatic N) is 1. The molecule has 0 unspecified atom stereocenters. The summed E-state index contributed by atoms with van der Waals surface area (Å²) >= 11 is 0. The van der Waals surface area contributed by atoms with Gasteiger partial charge >= 0.3 is 5.97 Å². The molecule has 1 N–H and O–H groups in total. The van der Waals surface area contributed by atoms with Gasteiger partial charge < -0.3 is 9.84 Å². The van der Waals surface area contributed by atoms with Gasteiger partial charge in [0.05, 0.1) is 12.0 Å². The Morgan fingerprint density at radius 3 is 2.38 bits per heavy atom. The molecule has 6 heteroatoms. The zero-order chi connectivity index (χ0) is 12.1. The maximum Gasteiger partial charge on any atom is 0.371 e. The number of hydrogen-bond acceptors (Lipinski definition) is 4. The first-order chi connectivity index (χ1) is 7.54. The minimum atomic E-state index is -1.19. The van der Waals surface area contributed by atoms with E-state index in [2.05, 4.69) is 4.74 Å². The van der Waals surface area contributed by atoms with E-state index in [0.717, 1.165) is 0 Å². The molecule has 0 saturated carbocycles. The molecule has 0 aromatic heterocycles. The standard InChI is InChI=1S/C10H9NO5/c1-16-9(10(12)13)6-7-2-4-8(5-3-7)11(14)15/h2-6H,1H3,(H,12,13)/b9-6+. The zero-order valence-corrected chi connectivity index (χ0v) is 8.41. The minimum absolute atomic E-state index is 0.0496. The molecule has 0 atom stereocenters. The number of hydrogen-bond donors (Lipinski definition) is 1. The molecule has 1 aromatic rings.